The van der Waals surface area contributed by atoms with Gasteiger partial charge in [-0.05, 0) is 32.0 Å². The van der Waals surface area contributed by atoms with Crippen LogP contribution in [0.3, 0.4) is 0 Å². The predicted octanol–water partition coefficient (Wildman–Crippen LogP) is 1.86. The first-order valence-electron chi connectivity index (χ1n) is 5.56. The highest BCUT2D eigenvalue weighted by Gasteiger charge is 2.07. The Hall–Kier alpha value is -0.800. The number of ether oxygens (including phenoxy) is 1. The predicted molar refractivity (Wildman–Crippen MR) is 63.2 cm³/mol. The highest BCUT2D eigenvalue weighted by molar-refractivity contribution is 5.26. The minimum absolute atomic E-state index is 0.775. The first-order chi connectivity index (χ1) is 7.20. The maximum absolute atomic E-state index is 5.11. The van der Waals surface area contributed by atoms with E-state index in [-0.39, 0.29) is 0 Å². The van der Waals surface area contributed by atoms with Gasteiger partial charge in [0.25, 0.3) is 0 Å². The van der Waals surface area contributed by atoms with Crippen molar-refractivity contribution < 1.29 is 4.74 Å². The average Bonchev–Trinajstić information content (AvgIpc) is 2.49. The van der Waals surface area contributed by atoms with Crippen LogP contribution in [-0.4, -0.2) is 24.8 Å². The SMILES string of the molecule is CCNCc1cc(C)n(CCOC)c1C. The van der Waals surface area contributed by atoms with Crippen LogP contribution in [0.2, 0.25) is 0 Å². The second-order valence-electron chi connectivity index (χ2n) is 3.82. The van der Waals surface area contributed by atoms with Crippen molar-refractivity contribution in [3.8, 4) is 0 Å². The number of aromatic nitrogens is 1. The summed E-state index contributed by atoms with van der Waals surface area (Å²) in [6.07, 6.45) is 0. The standard InChI is InChI=1S/C12H22N2O/c1-5-13-9-12-8-10(2)14(11(12)3)6-7-15-4/h8,13H,5-7,9H2,1-4H3. The molecule has 0 spiro atoms. The Labute approximate surface area is 92.4 Å². The van der Waals surface area contributed by atoms with Crippen LogP contribution in [-0.2, 0) is 17.8 Å². The van der Waals surface area contributed by atoms with Crippen molar-refractivity contribution in [2.24, 2.45) is 0 Å². The molecule has 0 unspecified atom stereocenters. The Kier molecular flexibility index (Phi) is 4.85. The van der Waals surface area contributed by atoms with E-state index in [1.165, 1.54) is 17.0 Å². The molecule has 0 atom stereocenters. The molecule has 0 fully saturated rings. The van der Waals surface area contributed by atoms with Gasteiger partial charge in [-0.3, -0.25) is 0 Å². The number of methoxy groups -OCH3 is 1. The molecule has 0 amide bonds. The van der Waals surface area contributed by atoms with Crippen LogP contribution in [0.25, 0.3) is 0 Å². The van der Waals surface area contributed by atoms with Crippen molar-refractivity contribution in [1.82, 2.24) is 9.88 Å². The zero-order valence-corrected chi connectivity index (χ0v) is 10.3. The van der Waals surface area contributed by atoms with Gasteiger partial charge in [-0.25, -0.2) is 0 Å². The van der Waals surface area contributed by atoms with Crippen molar-refractivity contribution in [1.29, 1.82) is 0 Å². The summed E-state index contributed by atoms with van der Waals surface area (Å²) in [4.78, 5) is 0. The van der Waals surface area contributed by atoms with Crippen LogP contribution in [0.4, 0.5) is 0 Å². The fourth-order valence-corrected chi connectivity index (χ4v) is 1.84. The van der Waals surface area contributed by atoms with E-state index in [1.807, 2.05) is 0 Å². The summed E-state index contributed by atoms with van der Waals surface area (Å²) < 4.78 is 7.43. The summed E-state index contributed by atoms with van der Waals surface area (Å²) in [5.74, 6) is 0. The molecule has 0 aromatic carbocycles. The van der Waals surface area contributed by atoms with E-state index in [1.54, 1.807) is 7.11 Å². The Morgan fingerprint density at radius 1 is 1.40 bits per heavy atom. The lowest BCUT2D eigenvalue weighted by Crippen LogP contribution is -2.13. The highest BCUT2D eigenvalue weighted by atomic mass is 16.5. The molecular weight excluding hydrogens is 188 g/mol. The van der Waals surface area contributed by atoms with Gasteiger partial charge in [0.1, 0.15) is 0 Å². The van der Waals surface area contributed by atoms with Crippen LogP contribution in [0.1, 0.15) is 23.9 Å². The lowest BCUT2D eigenvalue weighted by Gasteiger charge is -2.09. The van der Waals surface area contributed by atoms with Gasteiger partial charge >= 0.3 is 0 Å². The summed E-state index contributed by atoms with van der Waals surface area (Å²) in [6, 6.07) is 2.26. The van der Waals surface area contributed by atoms with Crippen LogP contribution in [0.5, 0.6) is 0 Å². The molecule has 1 rings (SSSR count). The largest absolute Gasteiger partial charge is 0.383 e. The molecule has 1 N–H and O–H groups in total. The summed E-state index contributed by atoms with van der Waals surface area (Å²) in [5.41, 5.74) is 4.06. The van der Waals surface area contributed by atoms with Crippen molar-refractivity contribution in [2.75, 3.05) is 20.3 Å². The maximum Gasteiger partial charge on any atom is 0.0641 e. The average molecular weight is 210 g/mol. The third-order valence-corrected chi connectivity index (χ3v) is 2.76. The lowest BCUT2D eigenvalue weighted by molar-refractivity contribution is 0.186. The highest BCUT2D eigenvalue weighted by Crippen LogP contribution is 2.14. The molecule has 0 saturated carbocycles. The molecular formula is C12H22N2O. The molecule has 3 nitrogen and oxygen atoms in total. The fourth-order valence-electron chi connectivity index (χ4n) is 1.84. The third-order valence-electron chi connectivity index (χ3n) is 2.76. The van der Waals surface area contributed by atoms with E-state index >= 15 is 0 Å². The Balaban J connectivity index is 2.74. The van der Waals surface area contributed by atoms with Gasteiger partial charge < -0.3 is 14.6 Å². The summed E-state index contributed by atoms with van der Waals surface area (Å²) in [7, 11) is 1.74. The molecule has 3 heteroatoms. The second kappa shape index (κ2) is 5.93. The first-order valence-corrected chi connectivity index (χ1v) is 5.56. The topological polar surface area (TPSA) is 26.2 Å². The van der Waals surface area contributed by atoms with Crippen molar-refractivity contribution in [2.45, 2.75) is 33.9 Å². The molecule has 0 radical (unpaired) electrons. The zero-order chi connectivity index (χ0) is 11.3. The molecule has 1 aromatic heterocycles. The van der Waals surface area contributed by atoms with Gasteiger partial charge in [0.05, 0.1) is 6.61 Å². The van der Waals surface area contributed by atoms with Crippen molar-refractivity contribution in [3.63, 3.8) is 0 Å². The van der Waals surface area contributed by atoms with E-state index < -0.39 is 0 Å². The summed E-state index contributed by atoms with van der Waals surface area (Å²) >= 11 is 0. The van der Waals surface area contributed by atoms with Crippen molar-refractivity contribution in [3.05, 3.63) is 23.0 Å². The molecule has 0 aliphatic carbocycles. The second-order valence-corrected chi connectivity index (χ2v) is 3.82. The van der Waals surface area contributed by atoms with E-state index in [2.05, 4.69) is 36.7 Å². The van der Waals surface area contributed by atoms with E-state index in [9.17, 15) is 0 Å². The van der Waals surface area contributed by atoms with Gasteiger partial charge in [0.2, 0.25) is 0 Å². The molecule has 15 heavy (non-hydrogen) atoms. The number of hydrogen-bond donors (Lipinski definition) is 1. The van der Waals surface area contributed by atoms with Crippen LogP contribution in [0, 0.1) is 13.8 Å². The summed E-state index contributed by atoms with van der Waals surface area (Å²) in [5, 5.41) is 3.36. The van der Waals surface area contributed by atoms with Crippen LogP contribution < -0.4 is 5.32 Å². The smallest absolute Gasteiger partial charge is 0.0641 e. The zero-order valence-electron chi connectivity index (χ0n) is 10.3. The molecule has 1 heterocycles. The third kappa shape index (κ3) is 3.08. The molecule has 0 aliphatic heterocycles. The molecule has 1 aromatic rings. The van der Waals surface area contributed by atoms with Crippen LogP contribution >= 0.6 is 0 Å². The Bertz CT molecular complexity index is 305. The normalized spacial score (nSPS) is 10.9. The van der Waals surface area contributed by atoms with Crippen molar-refractivity contribution >= 4 is 0 Å². The Morgan fingerprint density at radius 3 is 2.73 bits per heavy atom. The number of aryl methyl sites for hydroxylation is 1. The number of nitrogens with one attached hydrogen (secondary N) is 1. The number of nitrogens with zero attached hydrogens (tertiary/aromatic N) is 1. The van der Waals surface area contributed by atoms with Gasteiger partial charge in [-0.2, -0.15) is 0 Å². The Morgan fingerprint density at radius 2 is 2.13 bits per heavy atom. The van der Waals surface area contributed by atoms with E-state index in [4.69, 9.17) is 4.74 Å². The van der Waals surface area contributed by atoms with Gasteiger partial charge in [-0.15, -0.1) is 0 Å². The number of hydrogen-bond acceptors (Lipinski definition) is 2. The molecule has 0 aliphatic rings. The van der Waals surface area contributed by atoms with Crippen LogP contribution in [0.15, 0.2) is 6.07 Å². The molecule has 86 valence electrons. The maximum atomic E-state index is 5.11. The quantitative estimate of drug-likeness (QED) is 0.775. The number of rotatable bonds is 6. The van der Waals surface area contributed by atoms with Gasteiger partial charge in [0.15, 0.2) is 0 Å². The van der Waals surface area contributed by atoms with E-state index in [0.717, 1.165) is 26.2 Å². The lowest BCUT2D eigenvalue weighted by atomic mass is 10.2. The first kappa shape index (κ1) is 12.3. The molecule has 0 bridgehead atoms. The molecule has 0 saturated heterocycles. The fraction of sp³-hybridized carbons (Fsp3) is 0.667. The minimum atomic E-state index is 0.775. The summed E-state index contributed by atoms with van der Waals surface area (Å²) in [6.45, 7) is 10.2. The monoisotopic (exact) mass is 210 g/mol. The van der Waals surface area contributed by atoms with E-state index in [0.29, 0.717) is 0 Å². The van der Waals surface area contributed by atoms with Gasteiger partial charge in [0, 0.05) is 31.6 Å². The van der Waals surface area contributed by atoms with Gasteiger partial charge in [-0.1, -0.05) is 6.92 Å². The minimum Gasteiger partial charge on any atom is -0.383 e.